The first-order valence-corrected chi connectivity index (χ1v) is 8.64. The van der Waals surface area contributed by atoms with Crippen molar-refractivity contribution in [1.29, 1.82) is 0 Å². The largest absolute Gasteiger partial charge is 0.493 e. The van der Waals surface area contributed by atoms with E-state index in [2.05, 4.69) is 15.5 Å². The van der Waals surface area contributed by atoms with Crippen LogP contribution in [-0.2, 0) is 11.3 Å². The van der Waals surface area contributed by atoms with Crippen LogP contribution in [0, 0.1) is 0 Å². The summed E-state index contributed by atoms with van der Waals surface area (Å²) >= 11 is 0. The number of carbonyl (C=O) groups is 1. The lowest BCUT2D eigenvalue weighted by molar-refractivity contribution is -0.121. The number of methoxy groups -OCH3 is 2. The quantitative estimate of drug-likeness (QED) is 0.515. The molecule has 0 bridgehead atoms. The van der Waals surface area contributed by atoms with Crippen molar-refractivity contribution >= 4 is 22.7 Å². The van der Waals surface area contributed by atoms with Gasteiger partial charge in [-0.2, -0.15) is 5.10 Å². The summed E-state index contributed by atoms with van der Waals surface area (Å²) in [6.45, 7) is 2.12. The first-order chi connectivity index (χ1) is 13.2. The fraction of sp³-hybridized carbons (Fsp3) is 0.250. The number of fused-ring (bicyclic) bond motifs is 1. The molecule has 27 heavy (non-hydrogen) atoms. The van der Waals surface area contributed by atoms with E-state index < -0.39 is 0 Å². The minimum atomic E-state index is -0.218. The SMILES string of the molecule is CC/C(=N\NC(=O)Cn1cnc2ccccc21)c1ccc(OC)c(OC)c1. The number of amides is 1. The van der Waals surface area contributed by atoms with Crippen LogP contribution in [0.15, 0.2) is 53.9 Å². The molecule has 3 aromatic rings. The highest BCUT2D eigenvalue weighted by atomic mass is 16.5. The summed E-state index contributed by atoms with van der Waals surface area (Å²) in [4.78, 5) is 16.6. The molecule has 1 heterocycles. The van der Waals surface area contributed by atoms with E-state index in [9.17, 15) is 4.79 Å². The van der Waals surface area contributed by atoms with Crippen LogP contribution >= 0.6 is 0 Å². The Morgan fingerprint density at radius 3 is 2.67 bits per heavy atom. The van der Waals surface area contributed by atoms with Gasteiger partial charge in [0, 0.05) is 5.56 Å². The first kappa shape index (κ1) is 18.4. The predicted octanol–water partition coefficient (Wildman–Crippen LogP) is 2.98. The van der Waals surface area contributed by atoms with Gasteiger partial charge in [0.1, 0.15) is 6.54 Å². The van der Waals surface area contributed by atoms with Gasteiger partial charge in [-0.05, 0) is 36.8 Å². The van der Waals surface area contributed by atoms with Crippen molar-refractivity contribution in [2.24, 2.45) is 5.10 Å². The fourth-order valence-electron chi connectivity index (χ4n) is 2.82. The van der Waals surface area contributed by atoms with E-state index in [-0.39, 0.29) is 12.5 Å². The van der Waals surface area contributed by atoms with Gasteiger partial charge in [0.05, 0.1) is 37.3 Å². The van der Waals surface area contributed by atoms with E-state index in [1.54, 1.807) is 25.1 Å². The molecular weight excluding hydrogens is 344 g/mol. The van der Waals surface area contributed by atoms with Crippen LogP contribution in [-0.4, -0.2) is 35.4 Å². The molecule has 0 fully saturated rings. The van der Waals surface area contributed by atoms with Crippen LogP contribution in [0.1, 0.15) is 18.9 Å². The zero-order valence-corrected chi connectivity index (χ0v) is 15.6. The molecule has 140 valence electrons. The van der Waals surface area contributed by atoms with Crippen LogP contribution in [0.4, 0.5) is 0 Å². The van der Waals surface area contributed by atoms with Crippen molar-refractivity contribution in [3.8, 4) is 11.5 Å². The van der Waals surface area contributed by atoms with Crippen LogP contribution < -0.4 is 14.9 Å². The Bertz CT molecular complexity index is 978. The summed E-state index contributed by atoms with van der Waals surface area (Å²) in [7, 11) is 3.17. The van der Waals surface area contributed by atoms with Gasteiger partial charge in [-0.3, -0.25) is 4.79 Å². The van der Waals surface area contributed by atoms with Crippen molar-refractivity contribution in [2.75, 3.05) is 14.2 Å². The second-order valence-electron chi connectivity index (χ2n) is 5.88. The number of aromatic nitrogens is 2. The first-order valence-electron chi connectivity index (χ1n) is 8.64. The molecule has 1 amide bonds. The third-order valence-electron chi connectivity index (χ3n) is 4.21. The highest BCUT2D eigenvalue weighted by molar-refractivity contribution is 6.01. The van der Waals surface area contributed by atoms with Crippen LogP contribution in [0.2, 0.25) is 0 Å². The number of hydrazone groups is 1. The maximum Gasteiger partial charge on any atom is 0.260 e. The highest BCUT2D eigenvalue weighted by Gasteiger charge is 2.10. The Morgan fingerprint density at radius 1 is 1.15 bits per heavy atom. The third kappa shape index (κ3) is 4.08. The molecular formula is C20H22N4O3. The summed E-state index contributed by atoms with van der Waals surface area (Å²) in [6.07, 6.45) is 2.31. The predicted molar refractivity (Wildman–Crippen MR) is 104 cm³/mol. The third-order valence-corrected chi connectivity index (χ3v) is 4.21. The minimum absolute atomic E-state index is 0.146. The van der Waals surface area contributed by atoms with Gasteiger partial charge >= 0.3 is 0 Å². The lowest BCUT2D eigenvalue weighted by Crippen LogP contribution is -2.24. The summed E-state index contributed by atoms with van der Waals surface area (Å²) in [6, 6.07) is 13.2. The lowest BCUT2D eigenvalue weighted by atomic mass is 10.1. The van der Waals surface area contributed by atoms with Crippen molar-refractivity contribution < 1.29 is 14.3 Å². The van der Waals surface area contributed by atoms with E-state index >= 15 is 0 Å². The van der Waals surface area contributed by atoms with Crippen molar-refractivity contribution in [2.45, 2.75) is 19.9 Å². The molecule has 1 N–H and O–H groups in total. The van der Waals surface area contributed by atoms with E-state index in [0.29, 0.717) is 17.9 Å². The Morgan fingerprint density at radius 2 is 1.93 bits per heavy atom. The number of rotatable bonds is 7. The van der Waals surface area contributed by atoms with E-state index in [0.717, 1.165) is 22.3 Å². The lowest BCUT2D eigenvalue weighted by Gasteiger charge is -2.11. The van der Waals surface area contributed by atoms with Gasteiger partial charge in [-0.25, -0.2) is 10.4 Å². The van der Waals surface area contributed by atoms with Crippen molar-refractivity contribution in [3.63, 3.8) is 0 Å². The number of benzene rings is 2. The zero-order chi connectivity index (χ0) is 19.2. The van der Waals surface area contributed by atoms with E-state index in [4.69, 9.17) is 9.47 Å². The molecule has 0 aliphatic rings. The Hall–Kier alpha value is -3.35. The van der Waals surface area contributed by atoms with Gasteiger partial charge in [0.15, 0.2) is 11.5 Å². The van der Waals surface area contributed by atoms with Gasteiger partial charge in [0.2, 0.25) is 0 Å². The maximum atomic E-state index is 12.3. The van der Waals surface area contributed by atoms with Crippen LogP contribution in [0.3, 0.4) is 0 Å². The molecule has 0 saturated carbocycles. The van der Waals surface area contributed by atoms with Crippen LogP contribution in [0.25, 0.3) is 11.0 Å². The summed E-state index contributed by atoms with van der Waals surface area (Å²) in [5.41, 5.74) is 6.01. The van der Waals surface area contributed by atoms with Gasteiger partial charge < -0.3 is 14.0 Å². The molecule has 0 atom stereocenters. The monoisotopic (exact) mass is 366 g/mol. The number of nitrogens with zero attached hydrogens (tertiary/aromatic N) is 3. The molecule has 0 unspecified atom stereocenters. The van der Waals surface area contributed by atoms with Gasteiger partial charge in [0.25, 0.3) is 5.91 Å². The second kappa shape index (κ2) is 8.35. The summed E-state index contributed by atoms with van der Waals surface area (Å²) in [5, 5.41) is 4.29. The number of hydrogen-bond acceptors (Lipinski definition) is 5. The van der Waals surface area contributed by atoms with Crippen molar-refractivity contribution in [1.82, 2.24) is 15.0 Å². The smallest absolute Gasteiger partial charge is 0.260 e. The minimum Gasteiger partial charge on any atom is -0.493 e. The molecule has 1 aromatic heterocycles. The second-order valence-corrected chi connectivity index (χ2v) is 5.88. The number of carbonyl (C=O) groups excluding carboxylic acids is 1. The fourth-order valence-corrected chi connectivity index (χ4v) is 2.82. The number of hydrogen-bond donors (Lipinski definition) is 1. The van der Waals surface area contributed by atoms with Gasteiger partial charge in [-0.1, -0.05) is 19.1 Å². The molecule has 7 nitrogen and oxygen atoms in total. The Balaban J connectivity index is 1.74. The molecule has 0 saturated heterocycles. The average molecular weight is 366 g/mol. The number of imidazole rings is 1. The van der Waals surface area contributed by atoms with Crippen LogP contribution in [0.5, 0.6) is 11.5 Å². The number of nitrogens with one attached hydrogen (secondary N) is 1. The highest BCUT2D eigenvalue weighted by Crippen LogP contribution is 2.28. The molecule has 3 rings (SSSR count). The molecule has 2 aromatic carbocycles. The number of ether oxygens (including phenoxy) is 2. The van der Waals surface area contributed by atoms with E-state index in [1.165, 1.54) is 0 Å². The topological polar surface area (TPSA) is 77.7 Å². The molecule has 7 heteroatoms. The number of para-hydroxylation sites is 2. The normalized spacial score (nSPS) is 11.4. The average Bonchev–Trinajstić information content (AvgIpc) is 3.11. The molecule has 0 aliphatic heterocycles. The molecule has 0 radical (unpaired) electrons. The Labute approximate surface area is 157 Å². The Kier molecular flexibility index (Phi) is 5.71. The van der Waals surface area contributed by atoms with E-state index in [1.807, 2.05) is 49.4 Å². The van der Waals surface area contributed by atoms with Gasteiger partial charge in [-0.15, -0.1) is 0 Å². The standard InChI is InChI=1S/C20H22N4O3/c1-4-15(14-9-10-18(26-2)19(11-14)27-3)22-23-20(25)12-24-13-21-16-7-5-6-8-17(16)24/h5-11,13H,4,12H2,1-3H3,(H,23,25)/b22-15+. The molecule has 0 spiro atoms. The van der Waals surface area contributed by atoms with Crippen molar-refractivity contribution in [3.05, 3.63) is 54.4 Å². The zero-order valence-electron chi connectivity index (χ0n) is 15.6. The maximum absolute atomic E-state index is 12.3. The summed E-state index contributed by atoms with van der Waals surface area (Å²) in [5.74, 6) is 1.05. The molecule has 0 aliphatic carbocycles. The summed E-state index contributed by atoms with van der Waals surface area (Å²) < 4.78 is 12.4.